The molecule has 4 nitrogen and oxygen atoms in total. The van der Waals surface area contributed by atoms with E-state index < -0.39 is 6.09 Å². The van der Waals surface area contributed by atoms with Gasteiger partial charge in [0, 0.05) is 19.0 Å². The van der Waals surface area contributed by atoms with Crippen molar-refractivity contribution in [2.24, 2.45) is 5.73 Å². The van der Waals surface area contributed by atoms with E-state index in [9.17, 15) is 4.79 Å². The van der Waals surface area contributed by atoms with Crippen LogP contribution >= 0.6 is 0 Å². The van der Waals surface area contributed by atoms with Gasteiger partial charge in [-0.15, -0.1) is 0 Å². The largest absolute Gasteiger partial charge is 0.449 e. The summed E-state index contributed by atoms with van der Waals surface area (Å²) in [7, 11) is 0. The second-order valence-corrected chi connectivity index (χ2v) is 7.05. The number of fused-ring (bicyclic) bond motifs is 3. The predicted molar refractivity (Wildman–Crippen MR) is 116 cm³/mol. The van der Waals surface area contributed by atoms with E-state index in [2.05, 4.69) is 29.6 Å². The smallest absolute Gasteiger partial charge is 0.407 e. The van der Waals surface area contributed by atoms with Crippen molar-refractivity contribution < 1.29 is 9.53 Å². The third-order valence-electron chi connectivity index (χ3n) is 5.23. The summed E-state index contributed by atoms with van der Waals surface area (Å²) >= 11 is 0. The van der Waals surface area contributed by atoms with Crippen LogP contribution in [0.1, 0.15) is 28.2 Å². The number of nitrogens with two attached hydrogens (primary N) is 1. The van der Waals surface area contributed by atoms with Crippen molar-refractivity contribution >= 4 is 12.2 Å². The van der Waals surface area contributed by atoms with Gasteiger partial charge in [-0.2, -0.15) is 0 Å². The number of benzene rings is 3. The van der Waals surface area contributed by atoms with E-state index in [0.29, 0.717) is 19.7 Å². The molecular formula is C25H24N2O2. The van der Waals surface area contributed by atoms with Gasteiger partial charge in [0.05, 0.1) is 0 Å². The Kier molecular flexibility index (Phi) is 5.73. The fourth-order valence-electron chi connectivity index (χ4n) is 3.75. The number of ether oxygens (including phenoxy) is 1. The highest BCUT2D eigenvalue weighted by atomic mass is 16.5. The summed E-state index contributed by atoms with van der Waals surface area (Å²) < 4.78 is 5.52. The summed E-state index contributed by atoms with van der Waals surface area (Å²) in [5, 5.41) is 2.78. The van der Waals surface area contributed by atoms with Crippen LogP contribution in [0.15, 0.2) is 78.9 Å². The predicted octanol–water partition coefficient (Wildman–Crippen LogP) is 4.70. The molecule has 3 aromatic carbocycles. The van der Waals surface area contributed by atoms with Crippen LogP contribution in [-0.2, 0) is 11.3 Å². The molecule has 1 aliphatic rings. The zero-order valence-corrected chi connectivity index (χ0v) is 16.2. The Bertz CT molecular complexity index is 980. The fourth-order valence-corrected chi connectivity index (χ4v) is 3.75. The molecule has 0 aliphatic heterocycles. The molecule has 1 aliphatic carbocycles. The second-order valence-electron chi connectivity index (χ2n) is 7.05. The number of alkyl carbamates (subject to hydrolysis) is 1. The molecule has 0 atom stereocenters. The van der Waals surface area contributed by atoms with E-state index in [-0.39, 0.29) is 5.92 Å². The Morgan fingerprint density at radius 3 is 2.17 bits per heavy atom. The van der Waals surface area contributed by atoms with Gasteiger partial charge < -0.3 is 15.8 Å². The molecule has 0 spiro atoms. The zero-order valence-electron chi connectivity index (χ0n) is 16.2. The fraction of sp³-hybridized carbons (Fsp3) is 0.160. The monoisotopic (exact) mass is 384 g/mol. The lowest BCUT2D eigenvalue weighted by molar-refractivity contribution is 0.144. The maximum Gasteiger partial charge on any atom is 0.407 e. The van der Waals surface area contributed by atoms with E-state index in [1.54, 1.807) is 0 Å². The van der Waals surface area contributed by atoms with Crippen LogP contribution in [0.2, 0.25) is 0 Å². The van der Waals surface area contributed by atoms with E-state index >= 15 is 0 Å². The molecule has 0 radical (unpaired) electrons. The molecule has 4 rings (SSSR count). The zero-order chi connectivity index (χ0) is 20.1. The molecule has 0 aromatic heterocycles. The lowest BCUT2D eigenvalue weighted by Gasteiger charge is -2.14. The number of hydrogen-bond donors (Lipinski definition) is 2. The number of nitrogens with one attached hydrogen (secondary N) is 1. The molecule has 3 aromatic rings. The summed E-state index contributed by atoms with van der Waals surface area (Å²) in [4.78, 5) is 12.1. The van der Waals surface area contributed by atoms with Gasteiger partial charge in [-0.25, -0.2) is 4.79 Å². The quantitative estimate of drug-likeness (QED) is 0.648. The molecule has 146 valence electrons. The van der Waals surface area contributed by atoms with Crippen molar-refractivity contribution in [1.29, 1.82) is 0 Å². The topological polar surface area (TPSA) is 64.3 Å². The summed E-state index contributed by atoms with van der Waals surface area (Å²) in [6, 6.07) is 24.6. The Hall–Kier alpha value is -3.37. The van der Waals surface area contributed by atoms with Gasteiger partial charge in [0.2, 0.25) is 0 Å². The van der Waals surface area contributed by atoms with Gasteiger partial charge in [-0.3, -0.25) is 0 Å². The molecule has 0 saturated heterocycles. The Labute approximate surface area is 171 Å². The summed E-state index contributed by atoms with van der Waals surface area (Å²) in [5.41, 5.74) is 12.6. The lowest BCUT2D eigenvalue weighted by atomic mass is 9.98. The van der Waals surface area contributed by atoms with E-state index in [4.69, 9.17) is 10.5 Å². The first-order valence-electron chi connectivity index (χ1n) is 9.80. The first kappa shape index (κ1) is 19.0. The maximum atomic E-state index is 12.1. The Morgan fingerprint density at radius 2 is 1.55 bits per heavy atom. The number of amides is 1. The van der Waals surface area contributed by atoms with Crippen LogP contribution in [0.25, 0.3) is 17.2 Å². The van der Waals surface area contributed by atoms with Crippen molar-refractivity contribution in [2.75, 3.05) is 13.2 Å². The third kappa shape index (κ3) is 4.23. The molecule has 0 heterocycles. The van der Waals surface area contributed by atoms with Crippen LogP contribution < -0.4 is 11.1 Å². The average Bonchev–Trinajstić information content (AvgIpc) is 3.09. The molecule has 0 fully saturated rings. The van der Waals surface area contributed by atoms with Gasteiger partial charge >= 0.3 is 6.09 Å². The van der Waals surface area contributed by atoms with E-state index in [1.807, 2.05) is 60.7 Å². The minimum absolute atomic E-state index is 0.0738. The van der Waals surface area contributed by atoms with Gasteiger partial charge in [-0.1, -0.05) is 84.9 Å². The second kappa shape index (κ2) is 8.76. The van der Waals surface area contributed by atoms with Crippen molar-refractivity contribution in [3.8, 4) is 11.1 Å². The minimum atomic E-state index is -0.407. The van der Waals surface area contributed by atoms with Crippen molar-refractivity contribution in [2.45, 2.75) is 12.5 Å². The summed E-state index contributed by atoms with van der Waals surface area (Å²) in [5.74, 6) is 0.0738. The van der Waals surface area contributed by atoms with Gasteiger partial charge in [0.1, 0.15) is 6.61 Å². The molecule has 0 unspecified atom stereocenters. The molecule has 4 heteroatoms. The van der Waals surface area contributed by atoms with Crippen LogP contribution in [0.3, 0.4) is 0 Å². The number of carbonyl (C=O) groups excluding carboxylic acids is 1. The highest BCUT2D eigenvalue weighted by molar-refractivity contribution is 5.79. The summed E-state index contributed by atoms with van der Waals surface area (Å²) in [6.07, 6.45) is 3.46. The van der Waals surface area contributed by atoms with Gasteiger partial charge in [0.25, 0.3) is 0 Å². The first-order chi connectivity index (χ1) is 14.3. The molecule has 3 N–H and O–H groups in total. The van der Waals surface area contributed by atoms with Crippen LogP contribution in [-0.4, -0.2) is 19.2 Å². The normalized spacial score (nSPS) is 12.6. The van der Waals surface area contributed by atoms with E-state index in [0.717, 1.165) is 11.1 Å². The molecule has 29 heavy (non-hydrogen) atoms. The third-order valence-corrected chi connectivity index (χ3v) is 5.23. The Morgan fingerprint density at radius 1 is 0.931 bits per heavy atom. The van der Waals surface area contributed by atoms with Gasteiger partial charge in [-0.05, 0) is 33.4 Å². The van der Waals surface area contributed by atoms with Gasteiger partial charge in [0.15, 0.2) is 0 Å². The molecular weight excluding hydrogens is 360 g/mol. The highest BCUT2D eigenvalue weighted by Crippen LogP contribution is 2.44. The Balaban J connectivity index is 1.31. The number of carbonyl (C=O) groups is 1. The average molecular weight is 384 g/mol. The lowest BCUT2D eigenvalue weighted by Crippen LogP contribution is -2.26. The van der Waals surface area contributed by atoms with Crippen molar-refractivity contribution in [1.82, 2.24) is 5.32 Å². The first-order valence-corrected chi connectivity index (χ1v) is 9.80. The molecule has 0 bridgehead atoms. The molecule has 1 amide bonds. The van der Waals surface area contributed by atoms with Crippen LogP contribution in [0.4, 0.5) is 4.79 Å². The van der Waals surface area contributed by atoms with Crippen LogP contribution in [0.5, 0.6) is 0 Å². The molecule has 0 saturated carbocycles. The maximum absolute atomic E-state index is 12.1. The SMILES string of the molecule is NCc1ccc(C=CCNC(=O)OCC2c3ccccc3-c3ccccc32)cc1. The van der Waals surface area contributed by atoms with Crippen molar-refractivity contribution in [3.63, 3.8) is 0 Å². The summed E-state index contributed by atoms with van der Waals surface area (Å²) in [6.45, 7) is 1.27. The minimum Gasteiger partial charge on any atom is -0.449 e. The standard InChI is InChI=1S/C25H24N2O2/c26-16-19-13-11-18(12-14-19)6-5-15-27-25(28)29-17-24-22-9-3-1-7-20(22)21-8-2-4-10-23(21)24/h1-14,24H,15-17,26H2,(H,27,28). The van der Waals surface area contributed by atoms with E-state index in [1.165, 1.54) is 22.3 Å². The number of rotatable bonds is 6. The number of hydrogen-bond acceptors (Lipinski definition) is 3. The van der Waals surface area contributed by atoms with Crippen LogP contribution in [0, 0.1) is 0 Å². The highest BCUT2D eigenvalue weighted by Gasteiger charge is 2.28. The van der Waals surface area contributed by atoms with Crippen molar-refractivity contribution in [3.05, 3.63) is 101 Å².